The van der Waals surface area contributed by atoms with Crippen molar-refractivity contribution in [2.75, 3.05) is 13.2 Å². The molecule has 0 saturated carbocycles. The predicted octanol–water partition coefficient (Wildman–Crippen LogP) is 0.291. The Morgan fingerprint density at radius 1 is 1.26 bits per heavy atom. The van der Waals surface area contributed by atoms with Gasteiger partial charge in [0.1, 0.15) is 6.29 Å². The van der Waals surface area contributed by atoms with Crippen molar-refractivity contribution in [2.45, 2.75) is 25.3 Å². The van der Waals surface area contributed by atoms with Crippen LogP contribution in [0, 0.1) is 0 Å². The molecule has 0 aliphatic rings. The molecule has 0 atom stereocenters. The molecule has 0 aliphatic carbocycles. The smallest absolute Gasteiger partial charge is 0.217 e. The molecule has 0 fully saturated rings. The summed E-state index contributed by atoms with van der Waals surface area (Å²) in [6, 6.07) is 7.05. The first-order valence-electron chi connectivity index (χ1n) is 6.10. The maximum absolute atomic E-state index is 11.1. The SMILES string of the molecule is CC(=O)NC(CO)(CO)CCc1ccc(C=O)cc1. The number of rotatable bonds is 7. The molecule has 1 aromatic carbocycles. The van der Waals surface area contributed by atoms with E-state index in [1.165, 1.54) is 6.92 Å². The summed E-state index contributed by atoms with van der Waals surface area (Å²) in [5.74, 6) is -0.292. The van der Waals surface area contributed by atoms with Crippen LogP contribution in [0.25, 0.3) is 0 Å². The number of aliphatic hydroxyl groups excluding tert-OH is 2. The molecule has 0 unspecified atom stereocenters. The van der Waals surface area contributed by atoms with Crippen molar-refractivity contribution in [1.29, 1.82) is 0 Å². The topological polar surface area (TPSA) is 86.6 Å². The highest BCUT2D eigenvalue weighted by molar-refractivity contribution is 5.74. The lowest BCUT2D eigenvalue weighted by Crippen LogP contribution is -2.53. The Kier molecular flexibility index (Phi) is 5.66. The van der Waals surface area contributed by atoms with E-state index >= 15 is 0 Å². The summed E-state index contributed by atoms with van der Waals surface area (Å²) in [4.78, 5) is 21.6. The predicted molar refractivity (Wildman–Crippen MR) is 70.9 cm³/mol. The fourth-order valence-electron chi connectivity index (χ4n) is 1.87. The molecule has 0 spiro atoms. The van der Waals surface area contributed by atoms with E-state index in [9.17, 15) is 19.8 Å². The van der Waals surface area contributed by atoms with E-state index in [1.807, 2.05) is 12.1 Å². The van der Waals surface area contributed by atoms with Crippen molar-refractivity contribution in [2.24, 2.45) is 0 Å². The molecule has 1 amide bonds. The first-order valence-corrected chi connectivity index (χ1v) is 6.10. The van der Waals surface area contributed by atoms with Crippen LogP contribution < -0.4 is 5.32 Å². The number of aryl methyl sites for hydroxylation is 1. The fourth-order valence-corrected chi connectivity index (χ4v) is 1.87. The molecule has 0 aromatic heterocycles. The largest absolute Gasteiger partial charge is 0.394 e. The molecule has 3 N–H and O–H groups in total. The highest BCUT2D eigenvalue weighted by atomic mass is 16.3. The summed E-state index contributed by atoms with van der Waals surface area (Å²) in [6.45, 7) is 0.698. The van der Waals surface area contributed by atoms with Gasteiger partial charge in [-0.1, -0.05) is 24.3 Å². The van der Waals surface area contributed by atoms with Gasteiger partial charge in [-0.2, -0.15) is 0 Å². The highest BCUT2D eigenvalue weighted by Crippen LogP contribution is 2.14. The van der Waals surface area contributed by atoms with E-state index in [0.717, 1.165) is 11.8 Å². The lowest BCUT2D eigenvalue weighted by Gasteiger charge is -2.30. The van der Waals surface area contributed by atoms with Gasteiger partial charge in [0.25, 0.3) is 0 Å². The molecule has 0 bridgehead atoms. The molecule has 0 aliphatic heterocycles. The maximum atomic E-state index is 11.1. The number of carbonyl (C=O) groups excluding carboxylic acids is 2. The molecule has 1 aromatic rings. The number of benzene rings is 1. The minimum atomic E-state index is -1.00. The number of carbonyl (C=O) groups is 2. The zero-order chi connectivity index (χ0) is 14.3. The van der Waals surface area contributed by atoms with Crippen LogP contribution in [0.5, 0.6) is 0 Å². The number of hydrogen-bond donors (Lipinski definition) is 3. The van der Waals surface area contributed by atoms with E-state index in [1.54, 1.807) is 12.1 Å². The quantitative estimate of drug-likeness (QED) is 0.618. The van der Waals surface area contributed by atoms with Gasteiger partial charge in [-0.25, -0.2) is 0 Å². The van der Waals surface area contributed by atoms with Gasteiger partial charge in [-0.05, 0) is 18.4 Å². The van der Waals surface area contributed by atoms with Gasteiger partial charge in [0.15, 0.2) is 0 Å². The molecule has 0 radical (unpaired) electrons. The maximum Gasteiger partial charge on any atom is 0.217 e. The van der Waals surface area contributed by atoms with Gasteiger partial charge < -0.3 is 15.5 Å². The van der Waals surface area contributed by atoms with E-state index in [0.29, 0.717) is 18.4 Å². The average molecular weight is 265 g/mol. The first-order chi connectivity index (χ1) is 9.05. The first kappa shape index (κ1) is 15.3. The number of nitrogens with one attached hydrogen (secondary N) is 1. The summed E-state index contributed by atoms with van der Waals surface area (Å²) < 4.78 is 0. The van der Waals surface area contributed by atoms with Crippen LogP contribution in [-0.4, -0.2) is 41.2 Å². The third-order valence-corrected chi connectivity index (χ3v) is 3.05. The van der Waals surface area contributed by atoms with Gasteiger partial charge in [0.05, 0.1) is 18.8 Å². The van der Waals surface area contributed by atoms with E-state index in [-0.39, 0.29) is 19.1 Å². The Labute approximate surface area is 112 Å². The Bertz CT molecular complexity index is 424. The van der Waals surface area contributed by atoms with Crippen molar-refractivity contribution in [3.8, 4) is 0 Å². The molecular formula is C14H19NO4. The minimum absolute atomic E-state index is 0.292. The fraction of sp³-hybridized carbons (Fsp3) is 0.429. The number of hydrogen-bond acceptors (Lipinski definition) is 4. The zero-order valence-electron chi connectivity index (χ0n) is 10.9. The Hall–Kier alpha value is -1.72. The van der Waals surface area contributed by atoms with Crippen LogP contribution in [0.15, 0.2) is 24.3 Å². The summed E-state index contributed by atoms with van der Waals surface area (Å²) in [7, 11) is 0. The zero-order valence-corrected chi connectivity index (χ0v) is 10.9. The van der Waals surface area contributed by atoms with E-state index in [2.05, 4.69) is 5.32 Å². The van der Waals surface area contributed by atoms with Crippen molar-refractivity contribution >= 4 is 12.2 Å². The number of aliphatic hydroxyl groups is 2. The molecule has 5 heteroatoms. The molecule has 0 heterocycles. The highest BCUT2D eigenvalue weighted by Gasteiger charge is 2.29. The average Bonchev–Trinajstić information content (AvgIpc) is 2.43. The normalized spacial score (nSPS) is 11.1. The number of aldehydes is 1. The van der Waals surface area contributed by atoms with Crippen molar-refractivity contribution in [3.63, 3.8) is 0 Å². The van der Waals surface area contributed by atoms with Gasteiger partial charge in [-0.15, -0.1) is 0 Å². The Morgan fingerprint density at radius 3 is 2.26 bits per heavy atom. The lowest BCUT2D eigenvalue weighted by atomic mass is 9.92. The van der Waals surface area contributed by atoms with Gasteiger partial charge in [0.2, 0.25) is 5.91 Å². The van der Waals surface area contributed by atoms with Crippen LogP contribution in [0.3, 0.4) is 0 Å². The molecule has 104 valence electrons. The second-order valence-electron chi connectivity index (χ2n) is 4.64. The van der Waals surface area contributed by atoms with Crippen molar-refractivity contribution < 1.29 is 19.8 Å². The molecule has 1 rings (SSSR count). The summed E-state index contributed by atoms with van der Waals surface area (Å²) in [6.07, 6.45) is 1.77. The second-order valence-corrected chi connectivity index (χ2v) is 4.64. The van der Waals surface area contributed by atoms with Crippen molar-refractivity contribution in [1.82, 2.24) is 5.32 Å². The van der Waals surface area contributed by atoms with Gasteiger partial charge in [0, 0.05) is 12.5 Å². The van der Waals surface area contributed by atoms with Crippen LogP contribution >= 0.6 is 0 Å². The third-order valence-electron chi connectivity index (χ3n) is 3.05. The molecule has 0 saturated heterocycles. The molecule has 5 nitrogen and oxygen atoms in total. The standard InChI is InChI=1S/C14H19NO4/c1-11(19)15-14(9-17,10-18)7-6-12-2-4-13(8-16)5-3-12/h2-5,8,17-18H,6-7,9-10H2,1H3,(H,15,19). The Morgan fingerprint density at radius 2 is 1.84 bits per heavy atom. The van der Waals surface area contributed by atoms with Gasteiger partial charge in [-0.3, -0.25) is 9.59 Å². The van der Waals surface area contributed by atoms with Crippen LogP contribution in [0.2, 0.25) is 0 Å². The molecular weight excluding hydrogens is 246 g/mol. The summed E-state index contributed by atoms with van der Waals surface area (Å²) in [5, 5.41) is 21.3. The summed E-state index contributed by atoms with van der Waals surface area (Å²) >= 11 is 0. The Balaban J connectivity index is 2.69. The second kappa shape index (κ2) is 7.01. The van der Waals surface area contributed by atoms with Crippen LogP contribution in [0.4, 0.5) is 0 Å². The van der Waals surface area contributed by atoms with Crippen LogP contribution in [0.1, 0.15) is 29.3 Å². The van der Waals surface area contributed by atoms with E-state index in [4.69, 9.17) is 0 Å². The third kappa shape index (κ3) is 4.46. The molecule has 19 heavy (non-hydrogen) atoms. The summed E-state index contributed by atoms with van der Waals surface area (Å²) in [5.41, 5.74) is 0.568. The lowest BCUT2D eigenvalue weighted by molar-refractivity contribution is -0.122. The van der Waals surface area contributed by atoms with Crippen molar-refractivity contribution in [3.05, 3.63) is 35.4 Å². The van der Waals surface area contributed by atoms with E-state index < -0.39 is 5.54 Å². The minimum Gasteiger partial charge on any atom is -0.394 e. The van der Waals surface area contributed by atoms with Gasteiger partial charge >= 0.3 is 0 Å². The monoisotopic (exact) mass is 265 g/mol. The number of amides is 1. The van der Waals surface area contributed by atoms with Crippen LogP contribution in [-0.2, 0) is 11.2 Å².